The molecule has 0 saturated carbocycles. The van der Waals surface area contributed by atoms with E-state index in [9.17, 15) is 4.79 Å². The third-order valence-electron chi connectivity index (χ3n) is 2.10. The van der Waals surface area contributed by atoms with Crippen LogP contribution in [0.25, 0.3) is 0 Å². The average Bonchev–Trinajstić information content (AvgIpc) is 1.98. The third-order valence-corrected chi connectivity index (χ3v) is 2.10. The van der Waals surface area contributed by atoms with Crippen LogP contribution in [0.1, 0.15) is 40.5 Å². The van der Waals surface area contributed by atoms with Gasteiger partial charge in [0.2, 0.25) is 5.91 Å². The zero-order chi connectivity index (χ0) is 10.4. The highest BCUT2D eigenvalue weighted by Gasteiger charge is 2.14. The lowest BCUT2D eigenvalue weighted by Gasteiger charge is -2.21. The molecule has 1 amide bonds. The number of carbonyl (C=O) groups is 1. The van der Waals surface area contributed by atoms with Crippen LogP contribution in [0.4, 0.5) is 0 Å². The van der Waals surface area contributed by atoms with Crippen molar-refractivity contribution in [1.29, 1.82) is 0 Å². The lowest BCUT2D eigenvalue weighted by atomic mass is 10.0. The van der Waals surface area contributed by atoms with E-state index in [1.807, 2.05) is 6.92 Å². The van der Waals surface area contributed by atoms with Crippen LogP contribution in [0.2, 0.25) is 0 Å². The van der Waals surface area contributed by atoms with E-state index in [0.29, 0.717) is 12.3 Å². The van der Waals surface area contributed by atoms with Gasteiger partial charge in [-0.25, -0.2) is 0 Å². The Bertz CT molecular complexity index is 155. The van der Waals surface area contributed by atoms with E-state index in [4.69, 9.17) is 5.73 Å². The van der Waals surface area contributed by atoms with Gasteiger partial charge in [0.05, 0.1) is 0 Å². The summed E-state index contributed by atoms with van der Waals surface area (Å²) >= 11 is 0. The van der Waals surface area contributed by atoms with Crippen LogP contribution in [-0.2, 0) is 4.79 Å². The van der Waals surface area contributed by atoms with Crippen molar-refractivity contribution in [3.05, 3.63) is 0 Å². The molecular weight excluding hydrogens is 164 g/mol. The first-order chi connectivity index (χ1) is 5.97. The summed E-state index contributed by atoms with van der Waals surface area (Å²) in [7, 11) is 0. The highest BCUT2D eigenvalue weighted by atomic mass is 16.1. The van der Waals surface area contributed by atoms with Gasteiger partial charge in [-0.1, -0.05) is 20.8 Å². The first-order valence-electron chi connectivity index (χ1n) is 5.02. The fraction of sp³-hybridized carbons (Fsp3) is 0.900. The van der Waals surface area contributed by atoms with E-state index < -0.39 is 0 Å². The zero-order valence-corrected chi connectivity index (χ0v) is 9.13. The van der Waals surface area contributed by atoms with Crippen molar-refractivity contribution in [2.24, 2.45) is 11.7 Å². The quantitative estimate of drug-likeness (QED) is 0.679. The SMILES string of the molecule is CCC(NC(=O)CC(C)N)C(C)C. The minimum atomic E-state index is -0.0512. The van der Waals surface area contributed by atoms with Crippen LogP contribution >= 0.6 is 0 Å². The molecule has 0 radical (unpaired) electrons. The molecular formula is C10H22N2O. The van der Waals surface area contributed by atoms with Crippen molar-refractivity contribution in [3.8, 4) is 0 Å². The van der Waals surface area contributed by atoms with Crippen molar-refractivity contribution in [1.82, 2.24) is 5.32 Å². The molecule has 78 valence electrons. The van der Waals surface area contributed by atoms with Gasteiger partial charge in [-0.15, -0.1) is 0 Å². The van der Waals surface area contributed by atoms with E-state index in [1.54, 1.807) is 0 Å². The Morgan fingerprint density at radius 3 is 2.23 bits per heavy atom. The molecule has 3 N–H and O–H groups in total. The van der Waals surface area contributed by atoms with E-state index in [2.05, 4.69) is 26.1 Å². The van der Waals surface area contributed by atoms with Crippen molar-refractivity contribution < 1.29 is 4.79 Å². The molecule has 0 aromatic carbocycles. The van der Waals surface area contributed by atoms with Gasteiger partial charge in [0.15, 0.2) is 0 Å². The predicted octanol–water partition coefficient (Wildman–Crippen LogP) is 1.27. The monoisotopic (exact) mass is 186 g/mol. The maximum Gasteiger partial charge on any atom is 0.221 e. The lowest BCUT2D eigenvalue weighted by Crippen LogP contribution is -2.40. The normalized spacial score (nSPS) is 15.5. The highest BCUT2D eigenvalue weighted by Crippen LogP contribution is 2.05. The maximum absolute atomic E-state index is 11.3. The highest BCUT2D eigenvalue weighted by molar-refractivity contribution is 5.76. The number of carbonyl (C=O) groups excluding carboxylic acids is 1. The fourth-order valence-electron chi connectivity index (χ4n) is 1.30. The number of nitrogens with one attached hydrogen (secondary N) is 1. The van der Waals surface area contributed by atoms with Crippen LogP contribution in [0.3, 0.4) is 0 Å². The molecule has 0 aliphatic rings. The summed E-state index contributed by atoms with van der Waals surface area (Å²) < 4.78 is 0. The standard InChI is InChI=1S/C10H22N2O/c1-5-9(7(2)3)12-10(13)6-8(4)11/h7-9H,5-6,11H2,1-4H3,(H,12,13). The summed E-state index contributed by atoms with van der Waals surface area (Å²) in [5.41, 5.74) is 5.53. The second kappa shape index (κ2) is 5.97. The van der Waals surface area contributed by atoms with Crippen molar-refractivity contribution in [2.45, 2.75) is 52.6 Å². The van der Waals surface area contributed by atoms with Crippen LogP contribution < -0.4 is 11.1 Å². The molecule has 0 saturated heterocycles. The van der Waals surface area contributed by atoms with Crippen LogP contribution in [0.5, 0.6) is 0 Å². The second-order valence-corrected chi connectivity index (χ2v) is 4.01. The minimum Gasteiger partial charge on any atom is -0.353 e. The Morgan fingerprint density at radius 1 is 1.38 bits per heavy atom. The molecule has 0 aromatic rings. The molecule has 0 fully saturated rings. The van der Waals surface area contributed by atoms with Gasteiger partial charge in [0.1, 0.15) is 0 Å². The average molecular weight is 186 g/mol. The van der Waals surface area contributed by atoms with E-state index in [1.165, 1.54) is 0 Å². The molecule has 2 atom stereocenters. The first kappa shape index (κ1) is 12.4. The van der Waals surface area contributed by atoms with Gasteiger partial charge in [-0.05, 0) is 19.3 Å². The fourth-order valence-corrected chi connectivity index (χ4v) is 1.30. The molecule has 0 rings (SSSR count). The number of hydrogen-bond acceptors (Lipinski definition) is 2. The summed E-state index contributed by atoms with van der Waals surface area (Å²) in [5.74, 6) is 0.553. The third kappa shape index (κ3) is 5.64. The minimum absolute atomic E-state index is 0.0512. The summed E-state index contributed by atoms with van der Waals surface area (Å²) in [4.78, 5) is 11.3. The molecule has 0 bridgehead atoms. The molecule has 3 nitrogen and oxygen atoms in total. The van der Waals surface area contributed by atoms with Crippen molar-refractivity contribution in [2.75, 3.05) is 0 Å². The lowest BCUT2D eigenvalue weighted by molar-refractivity contribution is -0.122. The number of nitrogens with two attached hydrogens (primary N) is 1. The first-order valence-corrected chi connectivity index (χ1v) is 5.02. The molecule has 3 heteroatoms. The summed E-state index contributed by atoms with van der Waals surface area (Å²) in [6.45, 7) is 8.15. The van der Waals surface area contributed by atoms with Gasteiger partial charge in [0, 0.05) is 18.5 Å². The van der Waals surface area contributed by atoms with E-state index >= 15 is 0 Å². The molecule has 0 spiro atoms. The van der Waals surface area contributed by atoms with Crippen LogP contribution in [-0.4, -0.2) is 18.0 Å². The van der Waals surface area contributed by atoms with Crippen LogP contribution in [0, 0.1) is 5.92 Å². The summed E-state index contributed by atoms with van der Waals surface area (Å²) in [6, 6.07) is 0.232. The number of amides is 1. The van der Waals surface area contributed by atoms with Gasteiger partial charge in [-0.2, -0.15) is 0 Å². The Kier molecular flexibility index (Phi) is 5.71. The van der Waals surface area contributed by atoms with Gasteiger partial charge >= 0.3 is 0 Å². The van der Waals surface area contributed by atoms with E-state index in [0.717, 1.165) is 6.42 Å². The summed E-state index contributed by atoms with van der Waals surface area (Å²) in [5, 5.41) is 2.98. The largest absolute Gasteiger partial charge is 0.353 e. The Labute approximate surface area is 81.1 Å². The number of rotatable bonds is 5. The maximum atomic E-state index is 11.3. The van der Waals surface area contributed by atoms with Gasteiger partial charge in [-0.3, -0.25) is 4.79 Å². The molecule has 13 heavy (non-hydrogen) atoms. The van der Waals surface area contributed by atoms with Crippen molar-refractivity contribution >= 4 is 5.91 Å². The Balaban J connectivity index is 3.87. The molecule has 2 unspecified atom stereocenters. The predicted molar refractivity (Wildman–Crippen MR) is 55.3 cm³/mol. The summed E-state index contributed by atoms with van der Waals surface area (Å²) in [6.07, 6.45) is 1.39. The number of hydrogen-bond donors (Lipinski definition) is 2. The molecule has 0 aromatic heterocycles. The molecule has 0 aliphatic heterocycles. The molecule has 0 aliphatic carbocycles. The van der Waals surface area contributed by atoms with Gasteiger partial charge in [0.25, 0.3) is 0 Å². The van der Waals surface area contributed by atoms with Crippen molar-refractivity contribution in [3.63, 3.8) is 0 Å². The van der Waals surface area contributed by atoms with Gasteiger partial charge < -0.3 is 11.1 Å². The Morgan fingerprint density at radius 2 is 1.92 bits per heavy atom. The Hall–Kier alpha value is -0.570. The topological polar surface area (TPSA) is 55.1 Å². The van der Waals surface area contributed by atoms with Crippen LogP contribution in [0.15, 0.2) is 0 Å². The smallest absolute Gasteiger partial charge is 0.221 e. The zero-order valence-electron chi connectivity index (χ0n) is 9.13. The van der Waals surface area contributed by atoms with E-state index in [-0.39, 0.29) is 18.0 Å². The second-order valence-electron chi connectivity index (χ2n) is 4.01. The molecule has 0 heterocycles.